The second kappa shape index (κ2) is 5.53. The van der Waals surface area contributed by atoms with Crippen LogP contribution in [0, 0.1) is 0 Å². The van der Waals surface area contributed by atoms with Crippen molar-refractivity contribution in [3.05, 3.63) is 30.1 Å². The number of hydrogen-bond donors (Lipinski definition) is 0. The zero-order valence-corrected chi connectivity index (χ0v) is 8.99. The predicted octanol–water partition coefficient (Wildman–Crippen LogP) is 2.37. The molecule has 0 saturated carbocycles. The van der Waals surface area contributed by atoms with E-state index in [9.17, 15) is 4.79 Å². The van der Waals surface area contributed by atoms with Gasteiger partial charge in [-0.15, -0.1) is 0 Å². The van der Waals surface area contributed by atoms with E-state index < -0.39 is 0 Å². The number of carbonyl (C=O) groups is 1. The van der Waals surface area contributed by atoms with E-state index in [4.69, 9.17) is 0 Å². The standard InChI is InChI=1S/C12H18NO/c1-3-5-8-13-9-6-7-11(10-13)12(14)4-2/h6-7,9-10H,3-5,8H2,1-2H3/q+1. The Bertz CT molecular complexity index is 307. The molecule has 0 saturated heterocycles. The zero-order valence-electron chi connectivity index (χ0n) is 8.99. The minimum atomic E-state index is 0.218. The van der Waals surface area contributed by atoms with Crippen LogP contribution in [0.25, 0.3) is 0 Å². The number of hydrogen-bond acceptors (Lipinski definition) is 1. The number of rotatable bonds is 5. The van der Waals surface area contributed by atoms with Crippen molar-refractivity contribution in [3.8, 4) is 0 Å². The van der Waals surface area contributed by atoms with Crippen molar-refractivity contribution in [2.75, 3.05) is 0 Å². The van der Waals surface area contributed by atoms with Crippen molar-refractivity contribution < 1.29 is 9.36 Å². The Hall–Kier alpha value is -1.18. The molecule has 2 nitrogen and oxygen atoms in total. The van der Waals surface area contributed by atoms with Gasteiger partial charge in [-0.1, -0.05) is 20.3 Å². The molecule has 0 bridgehead atoms. The average Bonchev–Trinajstić information content (AvgIpc) is 2.25. The Morgan fingerprint density at radius 1 is 1.43 bits per heavy atom. The summed E-state index contributed by atoms with van der Waals surface area (Å²) in [6.45, 7) is 5.06. The summed E-state index contributed by atoms with van der Waals surface area (Å²) in [6, 6.07) is 3.83. The van der Waals surface area contributed by atoms with Gasteiger partial charge in [0.25, 0.3) is 0 Å². The highest BCUT2D eigenvalue weighted by molar-refractivity contribution is 5.95. The van der Waals surface area contributed by atoms with Gasteiger partial charge in [-0.05, 0) is 6.07 Å². The molecule has 0 radical (unpaired) electrons. The third-order valence-electron chi connectivity index (χ3n) is 2.27. The number of unbranched alkanes of at least 4 members (excludes halogenated alkanes) is 1. The van der Waals surface area contributed by atoms with E-state index in [0.29, 0.717) is 6.42 Å². The first kappa shape index (κ1) is 10.9. The summed E-state index contributed by atoms with van der Waals surface area (Å²) in [5.41, 5.74) is 0.825. The first-order valence-corrected chi connectivity index (χ1v) is 5.30. The van der Waals surface area contributed by atoms with E-state index in [0.717, 1.165) is 18.5 Å². The number of nitrogens with zero attached hydrogens (tertiary/aromatic N) is 1. The van der Waals surface area contributed by atoms with Gasteiger partial charge in [0, 0.05) is 18.9 Å². The SMILES string of the molecule is CCCC[n+]1cccc(C(=O)CC)c1. The Kier molecular flexibility index (Phi) is 4.30. The molecule has 1 aromatic rings. The molecule has 0 aromatic carbocycles. The highest BCUT2D eigenvalue weighted by Crippen LogP contribution is 1.99. The van der Waals surface area contributed by atoms with Gasteiger partial charge >= 0.3 is 0 Å². The normalized spacial score (nSPS) is 10.1. The molecule has 0 aliphatic heterocycles. The van der Waals surface area contributed by atoms with E-state index in [-0.39, 0.29) is 5.78 Å². The van der Waals surface area contributed by atoms with Crippen molar-refractivity contribution in [2.45, 2.75) is 39.7 Å². The van der Waals surface area contributed by atoms with Crippen molar-refractivity contribution in [3.63, 3.8) is 0 Å². The molecule has 0 amide bonds. The third-order valence-corrected chi connectivity index (χ3v) is 2.27. The highest BCUT2D eigenvalue weighted by Gasteiger charge is 2.07. The Labute approximate surface area is 85.6 Å². The summed E-state index contributed by atoms with van der Waals surface area (Å²) in [6.07, 6.45) is 6.88. The summed E-state index contributed by atoms with van der Waals surface area (Å²) in [5.74, 6) is 0.218. The lowest BCUT2D eigenvalue weighted by atomic mass is 10.1. The van der Waals surface area contributed by atoms with Crippen molar-refractivity contribution in [2.24, 2.45) is 0 Å². The Morgan fingerprint density at radius 3 is 2.86 bits per heavy atom. The molecule has 14 heavy (non-hydrogen) atoms. The van der Waals surface area contributed by atoms with Gasteiger partial charge in [0.1, 0.15) is 6.54 Å². The lowest BCUT2D eigenvalue weighted by Gasteiger charge is -1.98. The first-order valence-electron chi connectivity index (χ1n) is 5.30. The van der Waals surface area contributed by atoms with Gasteiger partial charge in [0.15, 0.2) is 18.2 Å². The van der Waals surface area contributed by atoms with Gasteiger partial charge < -0.3 is 0 Å². The van der Waals surface area contributed by atoms with Crippen LogP contribution < -0.4 is 4.57 Å². The second-order valence-electron chi connectivity index (χ2n) is 3.46. The minimum Gasteiger partial charge on any atom is -0.294 e. The molecule has 0 spiro atoms. The molecule has 0 aliphatic rings. The van der Waals surface area contributed by atoms with E-state index >= 15 is 0 Å². The molecule has 0 atom stereocenters. The maximum absolute atomic E-state index is 11.4. The summed E-state index contributed by atoms with van der Waals surface area (Å²) in [4.78, 5) is 11.4. The number of aromatic nitrogens is 1. The smallest absolute Gasteiger partial charge is 0.179 e. The molecule has 1 aromatic heterocycles. The molecule has 0 unspecified atom stereocenters. The summed E-state index contributed by atoms with van der Waals surface area (Å²) in [7, 11) is 0. The summed E-state index contributed by atoms with van der Waals surface area (Å²) in [5, 5.41) is 0. The number of aryl methyl sites for hydroxylation is 1. The second-order valence-corrected chi connectivity index (χ2v) is 3.46. The lowest BCUT2D eigenvalue weighted by Crippen LogP contribution is -2.33. The molecule has 0 N–H and O–H groups in total. The van der Waals surface area contributed by atoms with Crippen LogP contribution in [0.15, 0.2) is 24.5 Å². The minimum absolute atomic E-state index is 0.218. The van der Waals surface area contributed by atoms with Crippen molar-refractivity contribution in [1.29, 1.82) is 0 Å². The molecule has 76 valence electrons. The zero-order chi connectivity index (χ0) is 10.4. The van der Waals surface area contributed by atoms with Crippen LogP contribution in [-0.2, 0) is 6.54 Å². The third kappa shape index (κ3) is 2.95. The van der Waals surface area contributed by atoms with Crippen LogP contribution in [0.1, 0.15) is 43.5 Å². The van der Waals surface area contributed by atoms with E-state index in [1.807, 2.05) is 31.5 Å². The predicted molar refractivity (Wildman–Crippen MR) is 56.2 cm³/mol. The quantitative estimate of drug-likeness (QED) is 0.518. The van der Waals surface area contributed by atoms with Crippen molar-refractivity contribution >= 4 is 5.78 Å². The first-order chi connectivity index (χ1) is 6.77. The van der Waals surface area contributed by atoms with Gasteiger partial charge in [-0.3, -0.25) is 4.79 Å². The van der Waals surface area contributed by atoms with Crippen LogP contribution in [-0.4, -0.2) is 5.78 Å². The molecular weight excluding hydrogens is 174 g/mol. The summed E-state index contributed by atoms with van der Waals surface area (Å²) < 4.78 is 2.09. The van der Waals surface area contributed by atoms with E-state index in [1.165, 1.54) is 6.42 Å². The summed E-state index contributed by atoms with van der Waals surface area (Å²) >= 11 is 0. The molecular formula is C12H18NO+. The van der Waals surface area contributed by atoms with Crippen LogP contribution in [0.5, 0.6) is 0 Å². The highest BCUT2D eigenvalue weighted by atomic mass is 16.1. The number of Topliss-reactive ketones (excluding diaryl/α,β-unsaturated/α-hetero) is 1. The van der Waals surface area contributed by atoms with Crippen LogP contribution >= 0.6 is 0 Å². The Morgan fingerprint density at radius 2 is 2.21 bits per heavy atom. The largest absolute Gasteiger partial charge is 0.294 e. The maximum atomic E-state index is 11.4. The molecule has 2 heteroatoms. The van der Waals surface area contributed by atoms with Gasteiger partial charge in [-0.25, -0.2) is 4.57 Å². The van der Waals surface area contributed by atoms with Crippen LogP contribution in [0.2, 0.25) is 0 Å². The molecule has 0 fully saturated rings. The van der Waals surface area contributed by atoms with Gasteiger partial charge in [-0.2, -0.15) is 0 Å². The van der Waals surface area contributed by atoms with E-state index in [2.05, 4.69) is 11.5 Å². The molecule has 1 heterocycles. The number of pyridine rings is 1. The Balaban J connectivity index is 2.73. The average molecular weight is 192 g/mol. The number of carbonyl (C=O) groups excluding carboxylic acids is 1. The van der Waals surface area contributed by atoms with Crippen molar-refractivity contribution in [1.82, 2.24) is 0 Å². The lowest BCUT2D eigenvalue weighted by molar-refractivity contribution is -0.697. The molecule has 1 rings (SSSR count). The fraction of sp³-hybridized carbons (Fsp3) is 0.500. The fourth-order valence-electron chi connectivity index (χ4n) is 1.37. The van der Waals surface area contributed by atoms with E-state index in [1.54, 1.807) is 0 Å². The monoisotopic (exact) mass is 192 g/mol. The topological polar surface area (TPSA) is 20.9 Å². The maximum Gasteiger partial charge on any atom is 0.179 e. The fourth-order valence-corrected chi connectivity index (χ4v) is 1.37. The van der Waals surface area contributed by atoms with Gasteiger partial charge in [0.2, 0.25) is 0 Å². The van der Waals surface area contributed by atoms with Crippen LogP contribution in [0.4, 0.5) is 0 Å². The van der Waals surface area contributed by atoms with Crippen LogP contribution in [0.3, 0.4) is 0 Å². The number of ketones is 1. The molecule has 0 aliphatic carbocycles. The van der Waals surface area contributed by atoms with Gasteiger partial charge in [0.05, 0.1) is 5.56 Å².